The Hall–Kier alpha value is -1.31. The molecule has 0 amide bonds. The Balaban J connectivity index is 2.37. The van der Waals surface area contributed by atoms with Crippen molar-refractivity contribution in [3.8, 4) is 0 Å². The highest BCUT2D eigenvalue weighted by molar-refractivity contribution is 7.71. The van der Waals surface area contributed by atoms with E-state index in [0.29, 0.717) is 10.9 Å². The number of hydrogen-bond donors (Lipinski definition) is 5. The molecule has 0 bridgehead atoms. The lowest BCUT2D eigenvalue weighted by atomic mass is 10.1. The smallest absolute Gasteiger partial charge is 0.385 e. The molecule has 24 heavy (non-hydrogen) atoms. The van der Waals surface area contributed by atoms with E-state index < -0.39 is 44.4 Å². The number of phosphoric acid groups is 1. The number of carbonyl (C=O) groups is 1. The number of nitrogens with zero attached hydrogens (tertiary/aromatic N) is 1. The molecule has 2 heterocycles. The fraction of sp³-hybridized carbons (Fsp3) is 0.500. The van der Waals surface area contributed by atoms with Crippen molar-refractivity contribution in [1.29, 1.82) is 0 Å². The van der Waals surface area contributed by atoms with Gasteiger partial charge in [0, 0.05) is 6.20 Å². The van der Waals surface area contributed by atoms with Crippen molar-refractivity contribution < 1.29 is 43.0 Å². The van der Waals surface area contributed by atoms with Crippen LogP contribution in [0.2, 0.25) is 0 Å². The van der Waals surface area contributed by atoms with Gasteiger partial charge in [0.2, 0.25) is 0 Å². The summed E-state index contributed by atoms with van der Waals surface area (Å²) in [5.74, 6) is -3.21. The minimum atomic E-state index is -5.08. The van der Waals surface area contributed by atoms with E-state index in [1.54, 1.807) is 0 Å². The largest absolute Gasteiger partial charge is 0.469 e. The number of aliphatic hydroxyl groups excluding tert-OH is 2. The maximum Gasteiger partial charge on any atom is 0.469 e. The Morgan fingerprint density at radius 2 is 2.17 bits per heavy atom. The molecule has 1 aromatic rings. The number of alkyl halides is 1. The molecule has 1 saturated heterocycles. The van der Waals surface area contributed by atoms with Crippen molar-refractivity contribution in [2.45, 2.75) is 24.3 Å². The van der Waals surface area contributed by atoms with Gasteiger partial charge in [0.15, 0.2) is 12.5 Å². The number of hydrogen-bond acceptors (Lipinski definition) is 8. The summed E-state index contributed by atoms with van der Waals surface area (Å²) in [5.41, 5.74) is -1.14. The predicted molar refractivity (Wildman–Crippen MR) is 75.2 cm³/mol. The lowest BCUT2D eigenvalue weighted by Gasteiger charge is -2.22. The third kappa shape index (κ3) is 3.68. The standard InChI is InChI=1S/C10H12FN2O9PS/c11-10(3-21-23(18,19)20)6(16)5(15)8(22-10)13-1-4(2-14)7(24)12-9(13)17/h1-2,5-6,8,15-16H,3H2,(H,12,17,24)(H2,18,19,20)/t5-,6+,8-,10-/m1/s1. The number of aromatic nitrogens is 2. The van der Waals surface area contributed by atoms with Crippen LogP contribution < -0.4 is 5.69 Å². The van der Waals surface area contributed by atoms with Crippen molar-refractivity contribution in [3.05, 3.63) is 26.9 Å². The normalized spacial score (nSPS) is 30.5. The maximum absolute atomic E-state index is 14.5. The summed E-state index contributed by atoms with van der Waals surface area (Å²) >= 11 is 4.72. The summed E-state index contributed by atoms with van der Waals surface area (Å²) in [7, 11) is -5.08. The summed E-state index contributed by atoms with van der Waals surface area (Å²) in [6.45, 7) is -1.41. The van der Waals surface area contributed by atoms with Gasteiger partial charge in [-0.25, -0.2) is 13.8 Å². The molecule has 11 nitrogen and oxygen atoms in total. The van der Waals surface area contributed by atoms with E-state index in [1.807, 2.05) is 0 Å². The highest BCUT2D eigenvalue weighted by Gasteiger charge is 2.57. The van der Waals surface area contributed by atoms with E-state index in [4.69, 9.17) is 26.7 Å². The first-order chi connectivity index (χ1) is 11.0. The molecule has 0 spiro atoms. The molecule has 0 aromatic carbocycles. The van der Waals surface area contributed by atoms with Crippen molar-refractivity contribution in [3.63, 3.8) is 0 Å². The minimum absolute atomic E-state index is 0.169. The molecule has 2 rings (SSSR count). The molecule has 4 atom stereocenters. The van der Waals surface area contributed by atoms with E-state index in [1.165, 1.54) is 0 Å². The number of aliphatic hydroxyl groups is 2. The third-order valence-electron chi connectivity index (χ3n) is 3.20. The Morgan fingerprint density at radius 3 is 2.71 bits per heavy atom. The van der Waals surface area contributed by atoms with Gasteiger partial charge < -0.3 is 24.7 Å². The molecular weight excluding hydrogens is 374 g/mol. The molecule has 134 valence electrons. The van der Waals surface area contributed by atoms with Gasteiger partial charge in [0.25, 0.3) is 5.85 Å². The second-order valence-electron chi connectivity index (χ2n) is 4.86. The zero-order valence-electron chi connectivity index (χ0n) is 11.6. The van der Waals surface area contributed by atoms with Gasteiger partial charge in [-0.05, 0) is 0 Å². The quantitative estimate of drug-likeness (QED) is 0.234. The number of aldehydes is 1. The average molecular weight is 386 g/mol. The van der Waals surface area contributed by atoms with Crippen molar-refractivity contribution >= 4 is 26.3 Å². The summed E-state index contributed by atoms with van der Waals surface area (Å²) < 4.78 is 34.2. The van der Waals surface area contributed by atoms with Crippen LogP contribution in [0.25, 0.3) is 0 Å². The number of nitrogens with one attached hydrogen (secondary N) is 1. The minimum Gasteiger partial charge on any atom is -0.385 e. The van der Waals surface area contributed by atoms with Crippen LogP contribution in [0.4, 0.5) is 4.39 Å². The van der Waals surface area contributed by atoms with Crippen molar-refractivity contribution in [1.82, 2.24) is 9.55 Å². The van der Waals surface area contributed by atoms with Crippen LogP contribution in [0.5, 0.6) is 0 Å². The Bertz CT molecular complexity index is 806. The van der Waals surface area contributed by atoms with Gasteiger partial charge in [-0.15, -0.1) is 0 Å². The van der Waals surface area contributed by atoms with Gasteiger partial charge in [-0.1, -0.05) is 12.2 Å². The lowest BCUT2D eigenvalue weighted by Crippen LogP contribution is -2.42. The zero-order valence-corrected chi connectivity index (χ0v) is 13.3. The molecule has 1 aliphatic heterocycles. The van der Waals surface area contributed by atoms with E-state index >= 15 is 0 Å². The first-order valence-corrected chi connectivity index (χ1v) is 8.16. The second kappa shape index (κ2) is 6.54. The molecule has 0 radical (unpaired) electrons. The van der Waals surface area contributed by atoms with Crippen LogP contribution in [0.1, 0.15) is 16.6 Å². The van der Waals surface area contributed by atoms with Crippen LogP contribution >= 0.6 is 20.0 Å². The van der Waals surface area contributed by atoms with Crippen LogP contribution in [-0.4, -0.2) is 60.5 Å². The van der Waals surface area contributed by atoms with E-state index in [9.17, 15) is 28.8 Å². The maximum atomic E-state index is 14.5. The van der Waals surface area contributed by atoms with Gasteiger partial charge in [-0.2, -0.15) is 0 Å². The number of H-pyrrole nitrogens is 1. The predicted octanol–water partition coefficient (Wildman–Crippen LogP) is -1.26. The number of halogens is 1. The van der Waals surface area contributed by atoms with Gasteiger partial charge >= 0.3 is 13.5 Å². The molecule has 1 aliphatic rings. The van der Waals surface area contributed by atoms with E-state index in [2.05, 4.69) is 9.51 Å². The first kappa shape index (κ1) is 19.0. The number of ether oxygens (including phenoxy) is 1. The summed E-state index contributed by atoms with van der Waals surface area (Å²) in [4.78, 5) is 42.0. The third-order valence-corrected chi connectivity index (χ3v) is 4.00. The Morgan fingerprint density at radius 1 is 1.54 bits per heavy atom. The molecule has 0 unspecified atom stereocenters. The van der Waals surface area contributed by atoms with E-state index in [0.717, 1.165) is 6.20 Å². The van der Waals surface area contributed by atoms with Gasteiger partial charge in [0.1, 0.15) is 23.5 Å². The van der Waals surface area contributed by atoms with Crippen LogP contribution in [-0.2, 0) is 13.8 Å². The highest BCUT2D eigenvalue weighted by atomic mass is 32.1. The number of carbonyl (C=O) groups excluding carboxylic acids is 1. The van der Waals surface area contributed by atoms with Crippen molar-refractivity contribution in [2.24, 2.45) is 0 Å². The van der Waals surface area contributed by atoms with Crippen LogP contribution in [0, 0.1) is 4.64 Å². The van der Waals surface area contributed by atoms with Crippen LogP contribution in [0.3, 0.4) is 0 Å². The second-order valence-corrected chi connectivity index (χ2v) is 6.51. The summed E-state index contributed by atoms with van der Waals surface area (Å²) in [6.07, 6.45) is -4.92. The summed E-state index contributed by atoms with van der Waals surface area (Å²) in [6, 6.07) is 0. The molecule has 5 N–H and O–H groups in total. The molecule has 1 fully saturated rings. The summed E-state index contributed by atoms with van der Waals surface area (Å²) in [5, 5.41) is 19.6. The van der Waals surface area contributed by atoms with Crippen LogP contribution in [0.15, 0.2) is 11.0 Å². The SMILES string of the molecule is O=Cc1cn([C@@H]2O[C@](F)(COP(=O)(O)O)[C@@H](O)[C@H]2O)c(=O)[nH]c1=S. The monoisotopic (exact) mass is 386 g/mol. The Kier molecular flexibility index (Phi) is 5.18. The van der Waals surface area contributed by atoms with Gasteiger partial charge in [-0.3, -0.25) is 18.9 Å². The highest BCUT2D eigenvalue weighted by Crippen LogP contribution is 2.43. The molecule has 0 saturated carbocycles. The van der Waals surface area contributed by atoms with Gasteiger partial charge in [0.05, 0.1) is 5.56 Å². The number of phosphoric ester groups is 1. The number of aromatic amines is 1. The molecule has 14 heteroatoms. The zero-order chi connectivity index (χ0) is 18.3. The topological polar surface area (TPSA) is 171 Å². The van der Waals surface area contributed by atoms with E-state index in [-0.39, 0.29) is 10.2 Å². The first-order valence-electron chi connectivity index (χ1n) is 6.22. The fourth-order valence-electron chi connectivity index (χ4n) is 2.04. The Labute approximate surface area is 137 Å². The van der Waals surface area contributed by atoms with Crippen molar-refractivity contribution in [2.75, 3.05) is 6.61 Å². The fourth-order valence-corrected chi connectivity index (χ4v) is 2.57. The molecule has 0 aliphatic carbocycles. The lowest BCUT2D eigenvalue weighted by molar-refractivity contribution is -0.205. The number of rotatable bonds is 5. The average Bonchev–Trinajstić information content (AvgIpc) is 2.70. The molecular formula is C10H12FN2O9PS. The molecule has 1 aromatic heterocycles.